The average molecular weight is 260 g/mol. The molecule has 0 saturated heterocycles. The molecule has 0 radical (unpaired) electrons. The van der Waals surface area contributed by atoms with Crippen molar-refractivity contribution < 1.29 is 4.79 Å². The van der Waals surface area contributed by atoms with Gasteiger partial charge in [-0.15, -0.1) is 0 Å². The number of aromatic nitrogens is 2. The van der Waals surface area contributed by atoms with Gasteiger partial charge in [-0.3, -0.25) is 4.79 Å². The highest BCUT2D eigenvalue weighted by atomic mass is 35.6. The molecule has 0 unspecified atom stereocenters. The quantitative estimate of drug-likeness (QED) is 0.767. The van der Waals surface area contributed by atoms with Crippen molar-refractivity contribution in [1.29, 1.82) is 0 Å². The molecular formula is C6H5Cl3N2OS. The van der Waals surface area contributed by atoms with Crippen molar-refractivity contribution in [3.05, 3.63) is 10.8 Å². The SMILES string of the molecule is CC(=O)Cc1nc(C(Cl)(Cl)Cl)ns1. The molecular weight excluding hydrogens is 255 g/mol. The number of Topliss-reactive ketones (excluding diaryl/α,β-unsaturated/α-hetero) is 1. The lowest BCUT2D eigenvalue weighted by Crippen LogP contribution is -2.03. The van der Waals surface area contributed by atoms with Crippen LogP contribution in [0.4, 0.5) is 0 Å². The molecule has 13 heavy (non-hydrogen) atoms. The number of hydrogen-bond donors (Lipinski definition) is 0. The minimum atomic E-state index is -1.61. The van der Waals surface area contributed by atoms with Crippen molar-refractivity contribution in [2.45, 2.75) is 17.1 Å². The Morgan fingerprint density at radius 2 is 2.15 bits per heavy atom. The molecule has 0 aliphatic heterocycles. The van der Waals surface area contributed by atoms with Crippen molar-refractivity contribution in [1.82, 2.24) is 9.36 Å². The topological polar surface area (TPSA) is 42.9 Å². The van der Waals surface area contributed by atoms with Crippen LogP contribution in [-0.4, -0.2) is 15.1 Å². The Labute approximate surface area is 94.2 Å². The van der Waals surface area contributed by atoms with E-state index in [1.54, 1.807) is 0 Å². The lowest BCUT2D eigenvalue weighted by Gasteiger charge is -2.02. The van der Waals surface area contributed by atoms with E-state index in [1.165, 1.54) is 6.92 Å². The van der Waals surface area contributed by atoms with E-state index in [2.05, 4.69) is 9.36 Å². The first-order valence-electron chi connectivity index (χ1n) is 3.29. The van der Waals surface area contributed by atoms with Gasteiger partial charge in [-0.2, -0.15) is 4.37 Å². The summed E-state index contributed by atoms with van der Waals surface area (Å²) in [6, 6.07) is 0. The average Bonchev–Trinajstić information content (AvgIpc) is 2.32. The maximum Gasteiger partial charge on any atom is 0.251 e. The molecule has 0 amide bonds. The van der Waals surface area contributed by atoms with Crippen LogP contribution in [0.25, 0.3) is 0 Å². The van der Waals surface area contributed by atoms with Gasteiger partial charge in [-0.25, -0.2) is 4.98 Å². The monoisotopic (exact) mass is 258 g/mol. The van der Waals surface area contributed by atoms with Gasteiger partial charge in [0.1, 0.15) is 10.8 Å². The molecule has 1 aromatic heterocycles. The summed E-state index contributed by atoms with van der Waals surface area (Å²) in [5.41, 5.74) is 0. The maximum absolute atomic E-state index is 10.7. The molecule has 1 heterocycles. The fourth-order valence-electron chi connectivity index (χ4n) is 0.655. The number of carbonyl (C=O) groups is 1. The second-order valence-electron chi connectivity index (χ2n) is 2.39. The van der Waals surface area contributed by atoms with E-state index < -0.39 is 3.79 Å². The molecule has 0 aliphatic rings. The van der Waals surface area contributed by atoms with E-state index >= 15 is 0 Å². The molecule has 1 aromatic rings. The summed E-state index contributed by atoms with van der Waals surface area (Å²) in [7, 11) is 0. The van der Waals surface area contributed by atoms with Crippen LogP contribution < -0.4 is 0 Å². The number of ketones is 1. The van der Waals surface area contributed by atoms with E-state index in [0.29, 0.717) is 5.01 Å². The molecule has 0 aromatic carbocycles. The summed E-state index contributed by atoms with van der Waals surface area (Å²) in [4.78, 5) is 14.6. The largest absolute Gasteiger partial charge is 0.300 e. The molecule has 0 bridgehead atoms. The van der Waals surface area contributed by atoms with Gasteiger partial charge in [-0.05, 0) is 18.5 Å². The van der Waals surface area contributed by atoms with E-state index in [9.17, 15) is 4.79 Å². The molecule has 7 heteroatoms. The predicted molar refractivity (Wildman–Crippen MR) is 53.5 cm³/mol. The van der Waals surface area contributed by atoms with Gasteiger partial charge in [0.25, 0.3) is 3.79 Å². The maximum atomic E-state index is 10.7. The first-order valence-corrected chi connectivity index (χ1v) is 5.19. The van der Waals surface area contributed by atoms with E-state index in [-0.39, 0.29) is 18.0 Å². The standard InChI is InChI=1S/C6H5Cl3N2OS/c1-3(12)2-4-10-5(11-13-4)6(7,8)9/h2H2,1H3. The number of nitrogens with zero attached hydrogens (tertiary/aromatic N) is 2. The van der Waals surface area contributed by atoms with Crippen LogP contribution in [0.1, 0.15) is 17.8 Å². The normalized spacial score (nSPS) is 11.7. The number of rotatable bonds is 2. The van der Waals surface area contributed by atoms with Crippen molar-refractivity contribution in [3.63, 3.8) is 0 Å². The highest BCUT2D eigenvalue weighted by Crippen LogP contribution is 2.36. The Bertz CT molecular complexity index is 320. The molecule has 0 aliphatic carbocycles. The lowest BCUT2D eigenvalue weighted by atomic mass is 10.3. The number of carbonyl (C=O) groups excluding carboxylic acids is 1. The Hall–Kier alpha value is 0.1000. The van der Waals surface area contributed by atoms with Crippen LogP contribution in [0.2, 0.25) is 0 Å². The number of halogens is 3. The number of hydrogen-bond acceptors (Lipinski definition) is 4. The third-order valence-corrected chi connectivity index (χ3v) is 2.34. The Balaban J connectivity index is 2.81. The summed E-state index contributed by atoms with van der Waals surface area (Å²) in [6.45, 7) is 1.47. The van der Waals surface area contributed by atoms with Gasteiger partial charge in [0.2, 0.25) is 0 Å². The molecule has 1 rings (SSSR count). The van der Waals surface area contributed by atoms with E-state index in [4.69, 9.17) is 34.8 Å². The minimum Gasteiger partial charge on any atom is -0.300 e. The Kier molecular flexibility index (Phi) is 3.51. The van der Waals surface area contributed by atoms with Gasteiger partial charge in [0.05, 0.1) is 6.42 Å². The second-order valence-corrected chi connectivity index (χ2v) is 5.51. The summed E-state index contributed by atoms with van der Waals surface area (Å²) in [5.74, 6) is 0.130. The van der Waals surface area contributed by atoms with Crippen LogP contribution in [0.15, 0.2) is 0 Å². The molecule has 3 nitrogen and oxygen atoms in total. The first kappa shape index (κ1) is 11.2. The van der Waals surface area contributed by atoms with Crippen LogP contribution in [-0.2, 0) is 15.0 Å². The fourth-order valence-corrected chi connectivity index (χ4v) is 1.82. The van der Waals surface area contributed by atoms with E-state index in [1.807, 2.05) is 0 Å². The Morgan fingerprint density at radius 1 is 1.54 bits per heavy atom. The summed E-state index contributed by atoms with van der Waals surface area (Å²) in [6.07, 6.45) is 0.235. The van der Waals surface area contributed by atoms with Crippen molar-refractivity contribution in [3.8, 4) is 0 Å². The van der Waals surface area contributed by atoms with Gasteiger partial charge in [0, 0.05) is 0 Å². The van der Waals surface area contributed by atoms with Crippen molar-refractivity contribution >= 4 is 52.1 Å². The molecule has 0 N–H and O–H groups in total. The Morgan fingerprint density at radius 3 is 2.54 bits per heavy atom. The highest BCUT2D eigenvalue weighted by molar-refractivity contribution is 7.05. The highest BCUT2D eigenvalue weighted by Gasteiger charge is 2.28. The molecule has 0 fully saturated rings. The predicted octanol–water partition coefficient (Wildman–Crippen LogP) is 2.50. The van der Waals surface area contributed by atoms with Gasteiger partial charge in [-0.1, -0.05) is 34.8 Å². The lowest BCUT2D eigenvalue weighted by molar-refractivity contribution is -0.116. The van der Waals surface area contributed by atoms with Gasteiger partial charge >= 0.3 is 0 Å². The molecule has 0 saturated carbocycles. The fraction of sp³-hybridized carbons (Fsp3) is 0.500. The van der Waals surface area contributed by atoms with Crippen LogP contribution in [0.3, 0.4) is 0 Å². The first-order chi connectivity index (χ1) is 5.89. The number of alkyl halides is 3. The zero-order valence-electron chi connectivity index (χ0n) is 6.55. The van der Waals surface area contributed by atoms with Gasteiger partial charge in [0.15, 0.2) is 5.82 Å². The molecule has 0 atom stereocenters. The summed E-state index contributed by atoms with van der Waals surface area (Å²) >= 11 is 17.7. The van der Waals surface area contributed by atoms with Gasteiger partial charge < -0.3 is 0 Å². The van der Waals surface area contributed by atoms with Crippen LogP contribution in [0, 0.1) is 0 Å². The van der Waals surface area contributed by atoms with E-state index in [0.717, 1.165) is 11.5 Å². The van der Waals surface area contributed by atoms with Crippen LogP contribution >= 0.6 is 46.3 Å². The molecule has 0 spiro atoms. The summed E-state index contributed by atoms with van der Waals surface area (Å²) < 4.78 is 2.22. The van der Waals surface area contributed by atoms with Crippen molar-refractivity contribution in [2.24, 2.45) is 0 Å². The summed E-state index contributed by atoms with van der Waals surface area (Å²) in [5, 5.41) is 0.564. The smallest absolute Gasteiger partial charge is 0.251 e. The third-order valence-electron chi connectivity index (χ3n) is 1.12. The molecule has 72 valence electrons. The second kappa shape index (κ2) is 4.09. The van der Waals surface area contributed by atoms with Crippen LogP contribution in [0.5, 0.6) is 0 Å². The zero-order valence-corrected chi connectivity index (χ0v) is 9.64. The third kappa shape index (κ3) is 3.38. The minimum absolute atomic E-state index is 0.00650. The zero-order chi connectivity index (χ0) is 10.1. The van der Waals surface area contributed by atoms with Crippen molar-refractivity contribution in [2.75, 3.05) is 0 Å².